The first-order valence-electron chi connectivity index (χ1n) is 5.98. The summed E-state index contributed by atoms with van der Waals surface area (Å²) in [6.45, 7) is 0.805. The second-order valence-electron chi connectivity index (χ2n) is 4.12. The lowest BCUT2D eigenvalue weighted by atomic mass is 10.2. The second kappa shape index (κ2) is 7.35. The molecule has 0 aromatic heterocycles. The van der Waals surface area contributed by atoms with Crippen LogP contribution >= 0.6 is 11.8 Å². The van der Waals surface area contributed by atoms with Gasteiger partial charge in [0.05, 0.1) is 25.1 Å². The molecule has 1 aliphatic rings. The molecule has 0 spiro atoms. The predicted octanol–water partition coefficient (Wildman–Crippen LogP) is -2.32. The normalized spacial score (nSPS) is 16.3. The second-order valence-corrected chi connectivity index (χ2v) is 5.11. The number of benzene rings is 1. The Kier molecular flexibility index (Phi) is 6.07. The van der Waals surface area contributed by atoms with E-state index in [0.717, 1.165) is 11.8 Å². The topological polar surface area (TPSA) is 94.5 Å². The molecule has 2 amide bonds. The van der Waals surface area contributed by atoms with Crippen LogP contribution in [0.2, 0.25) is 0 Å². The Balaban J connectivity index is 0.00000220. The Morgan fingerprint density at radius 1 is 1.43 bits per heavy atom. The number of quaternary nitrogens is 1. The van der Waals surface area contributed by atoms with Gasteiger partial charge < -0.3 is 28.0 Å². The number of phenols is 1. The van der Waals surface area contributed by atoms with E-state index in [0.29, 0.717) is 29.3 Å². The number of amides is 2. The molecule has 8 heteroatoms. The van der Waals surface area contributed by atoms with Crippen molar-refractivity contribution in [3.8, 4) is 11.5 Å². The Hall–Kier alpha value is -1.70. The zero-order valence-corrected chi connectivity index (χ0v) is 12.9. The Labute approximate surface area is 132 Å². The molecule has 4 N–H and O–H groups in total. The number of hydrogen-bond donors (Lipinski definition) is 2. The van der Waals surface area contributed by atoms with E-state index in [1.807, 2.05) is 0 Å². The first-order valence-corrected chi connectivity index (χ1v) is 6.80. The van der Waals surface area contributed by atoms with E-state index in [1.165, 1.54) is 18.1 Å². The summed E-state index contributed by atoms with van der Waals surface area (Å²) in [6.07, 6.45) is 1.61. The van der Waals surface area contributed by atoms with E-state index in [1.54, 1.807) is 18.2 Å². The van der Waals surface area contributed by atoms with Gasteiger partial charge in [0.2, 0.25) is 0 Å². The van der Waals surface area contributed by atoms with Gasteiger partial charge in [-0.2, -0.15) is 0 Å². The van der Waals surface area contributed by atoms with Crippen LogP contribution in [0.25, 0.3) is 6.08 Å². The Morgan fingerprint density at radius 2 is 2.14 bits per heavy atom. The van der Waals surface area contributed by atoms with Crippen molar-refractivity contribution in [3.05, 3.63) is 28.7 Å². The van der Waals surface area contributed by atoms with Crippen LogP contribution in [0, 0.1) is 0 Å². The van der Waals surface area contributed by atoms with Gasteiger partial charge in [-0.3, -0.25) is 14.5 Å². The Bertz CT molecular complexity index is 592. The van der Waals surface area contributed by atoms with Crippen molar-refractivity contribution < 1.29 is 37.6 Å². The summed E-state index contributed by atoms with van der Waals surface area (Å²) in [6, 6.07) is 4.72. The molecule has 0 saturated carbocycles. The number of aromatic hydroxyl groups is 1. The molecule has 1 saturated heterocycles. The highest BCUT2D eigenvalue weighted by Crippen LogP contribution is 2.33. The monoisotopic (exact) mass is 330 g/mol. The van der Waals surface area contributed by atoms with E-state index in [-0.39, 0.29) is 29.3 Å². The van der Waals surface area contributed by atoms with Crippen molar-refractivity contribution in [1.82, 2.24) is 4.90 Å². The highest BCUT2D eigenvalue weighted by Gasteiger charge is 2.34. The number of methoxy groups -OCH3 is 1. The van der Waals surface area contributed by atoms with Gasteiger partial charge in [0.1, 0.15) is 0 Å². The van der Waals surface area contributed by atoms with Gasteiger partial charge in [-0.15, -0.1) is 0 Å². The molecule has 1 heterocycles. The van der Waals surface area contributed by atoms with Gasteiger partial charge in [-0.25, -0.2) is 0 Å². The van der Waals surface area contributed by atoms with E-state index in [4.69, 9.17) is 4.74 Å². The summed E-state index contributed by atoms with van der Waals surface area (Å²) in [4.78, 5) is 25.3. The average Bonchev–Trinajstić information content (AvgIpc) is 2.69. The summed E-state index contributed by atoms with van der Waals surface area (Å²) < 4.78 is 5.00. The first kappa shape index (κ1) is 17.4. The van der Waals surface area contributed by atoms with Crippen molar-refractivity contribution in [1.29, 1.82) is 0 Å². The summed E-state index contributed by atoms with van der Waals surface area (Å²) in [5.41, 5.74) is 4.32. The number of thioether (sulfide) groups is 1. The van der Waals surface area contributed by atoms with E-state index in [9.17, 15) is 14.7 Å². The van der Waals surface area contributed by atoms with Crippen LogP contribution < -0.4 is 22.9 Å². The predicted molar refractivity (Wildman–Crippen MR) is 75.1 cm³/mol. The maximum absolute atomic E-state index is 12.0. The molecule has 0 aliphatic carbocycles. The SMILES string of the molecule is COc1cc(C=C2SC(=O)N(CC[NH3+])C2=O)ccc1O.[Cl-]. The van der Waals surface area contributed by atoms with Crippen molar-refractivity contribution in [3.63, 3.8) is 0 Å². The lowest BCUT2D eigenvalue weighted by Gasteiger charge is -2.08. The smallest absolute Gasteiger partial charge is 0.293 e. The van der Waals surface area contributed by atoms with Crippen molar-refractivity contribution >= 4 is 29.0 Å². The molecular weight excluding hydrogens is 316 g/mol. The maximum atomic E-state index is 12.0. The number of halogens is 1. The number of carbonyl (C=O) groups excluding carboxylic acids is 2. The third-order valence-corrected chi connectivity index (χ3v) is 3.66. The number of rotatable bonds is 4. The molecular formula is C13H15ClN2O4S. The zero-order valence-electron chi connectivity index (χ0n) is 11.3. The molecule has 21 heavy (non-hydrogen) atoms. The number of nitrogens with zero attached hydrogens (tertiary/aromatic N) is 1. The van der Waals surface area contributed by atoms with E-state index in [2.05, 4.69) is 5.73 Å². The first-order chi connectivity index (χ1) is 9.56. The van der Waals surface area contributed by atoms with Crippen molar-refractivity contribution in [2.75, 3.05) is 20.2 Å². The van der Waals surface area contributed by atoms with Gasteiger partial charge in [0.15, 0.2) is 11.5 Å². The molecule has 0 bridgehead atoms. The zero-order chi connectivity index (χ0) is 14.7. The molecule has 2 rings (SSSR count). The standard InChI is InChI=1S/C13H14N2O4S.ClH/c1-19-10-6-8(2-3-9(10)16)7-11-12(17)15(5-4-14)13(18)20-11;/h2-3,6-7,16H,4-5,14H2,1H3;1H. The number of hydrogen-bond acceptors (Lipinski definition) is 5. The number of ether oxygens (including phenoxy) is 1. The molecule has 0 atom stereocenters. The minimum atomic E-state index is -0.310. The number of imide groups is 1. The average molecular weight is 331 g/mol. The minimum Gasteiger partial charge on any atom is -1.00 e. The van der Waals surface area contributed by atoms with Gasteiger partial charge >= 0.3 is 0 Å². The van der Waals surface area contributed by atoms with Gasteiger partial charge in [0.25, 0.3) is 11.1 Å². The lowest BCUT2D eigenvalue weighted by molar-refractivity contribution is -0.367. The molecule has 0 unspecified atom stereocenters. The summed E-state index contributed by atoms with van der Waals surface area (Å²) >= 11 is 0.902. The molecule has 1 aromatic rings. The van der Waals surface area contributed by atoms with Crippen LogP contribution in [-0.4, -0.2) is 41.4 Å². The van der Waals surface area contributed by atoms with Crippen LogP contribution in [0.3, 0.4) is 0 Å². The van der Waals surface area contributed by atoms with Crippen LogP contribution in [0.1, 0.15) is 5.56 Å². The highest BCUT2D eigenvalue weighted by molar-refractivity contribution is 8.18. The molecule has 1 fully saturated rings. The lowest BCUT2D eigenvalue weighted by Crippen LogP contribution is -3.00. The molecule has 0 radical (unpaired) electrons. The quantitative estimate of drug-likeness (QED) is 0.605. The fraction of sp³-hybridized carbons (Fsp3) is 0.231. The molecule has 6 nitrogen and oxygen atoms in total. The van der Waals surface area contributed by atoms with E-state index >= 15 is 0 Å². The summed E-state index contributed by atoms with van der Waals surface area (Å²) in [7, 11) is 1.45. The van der Waals surface area contributed by atoms with Crippen molar-refractivity contribution in [2.45, 2.75) is 0 Å². The van der Waals surface area contributed by atoms with Crippen LogP contribution in [0.15, 0.2) is 23.1 Å². The van der Waals surface area contributed by atoms with Crippen LogP contribution in [0.4, 0.5) is 4.79 Å². The van der Waals surface area contributed by atoms with Crippen LogP contribution in [0.5, 0.6) is 11.5 Å². The van der Waals surface area contributed by atoms with Crippen molar-refractivity contribution in [2.24, 2.45) is 0 Å². The third-order valence-electron chi connectivity index (χ3n) is 2.76. The summed E-state index contributed by atoms with van der Waals surface area (Å²) in [5.74, 6) is 0.0289. The molecule has 114 valence electrons. The largest absolute Gasteiger partial charge is 1.00 e. The molecule has 1 aromatic carbocycles. The fourth-order valence-corrected chi connectivity index (χ4v) is 2.65. The van der Waals surface area contributed by atoms with Crippen LogP contribution in [-0.2, 0) is 4.79 Å². The van der Waals surface area contributed by atoms with Gasteiger partial charge in [-0.1, -0.05) is 6.07 Å². The minimum absolute atomic E-state index is 0. The number of phenolic OH excluding ortho intramolecular Hbond substituents is 1. The molecule has 1 aliphatic heterocycles. The Morgan fingerprint density at radius 3 is 2.76 bits per heavy atom. The van der Waals surface area contributed by atoms with Gasteiger partial charge in [-0.05, 0) is 35.5 Å². The van der Waals surface area contributed by atoms with Gasteiger partial charge in [0, 0.05) is 0 Å². The fourth-order valence-electron chi connectivity index (χ4n) is 1.79. The van der Waals surface area contributed by atoms with E-state index < -0.39 is 0 Å². The maximum Gasteiger partial charge on any atom is 0.293 e. The highest BCUT2D eigenvalue weighted by atomic mass is 35.5. The third kappa shape index (κ3) is 3.69. The summed E-state index contributed by atoms with van der Waals surface area (Å²) in [5, 5.41) is 9.23. The number of carbonyl (C=O) groups is 2.